The van der Waals surface area contributed by atoms with Crippen molar-refractivity contribution in [1.82, 2.24) is 4.98 Å². The van der Waals surface area contributed by atoms with E-state index in [0.29, 0.717) is 17.7 Å². The molecule has 0 saturated carbocycles. The van der Waals surface area contributed by atoms with Crippen molar-refractivity contribution in [2.24, 2.45) is 0 Å². The van der Waals surface area contributed by atoms with Crippen molar-refractivity contribution in [2.75, 3.05) is 5.32 Å². The second-order valence-electron chi connectivity index (χ2n) is 5.03. The van der Waals surface area contributed by atoms with Crippen LogP contribution in [0.4, 0.5) is 5.69 Å². The Hall–Kier alpha value is -2.20. The summed E-state index contributed by atoms with van der Waals surface area (Å²) in [5.74, 6) is -0.00919. The fraction of sp³-hybridized carbons (Fsp3) is 0.294. The van der Waals surface area contributed by atoms with Gasteiger partial charge in [-0.15, -0.1) is 0 Å². The standard InChI is InChI=1S/C17H20N2O2/c1-3-6-16(20)19-15-11-13(9-8-12(15)2)17(21)14-7-4-5-10-18-14/h4-5,7-11,17,21H,3,6H2,1-2H3,(H,19,20)/t17-/m0/s1. The van der Waals surface area contributed by atoms with Crippen LogP contribution in [0.15, 0.2) is 42.6 Å². The Labute approximate surface area is 124 Å². The van der Waals surface area contributed by atoms with E-state index in [2.05, 4.69) is 10.3 Å². The number of rotatable bonds is 5. The lowest BCUT2D eigenvalue weighted by Crippen LogP contribution is -2.12. The van der Waals surface area contributed by atoms with E-state index in [0.717, 1.165) is 17.7 Å². The van der Waals surface area contributed by atoms with E-state index in [1.165, 1.54) is 0 Å². The van der Waals surface area contributed by atoms with E-state index in [9.17, 15) is 9.90 Å². The van der Waals surface area contributed by atoms with Gasteiger partial charge in [-0.1, -0.05) is 25.1 Å². The predicted molar refractivity (Wildman–Crippen MR) is 83.0 cm³/mol. The minimum absolute atomic E-state index is 0.00919. The number of pyridine rings is 1. The number of hydrogen-bond donors (Lipinski definition) is 2. The number of amides is 1. The van der Waals surface area contributed by atoms with Crippen LogP contribution < -0.4 is 5.32 Å². The van der Waals surface area contributed by atoms with Gasteiger partial charge in [0.15, 0.2) is 0 Å². The number of carbonyl (C=O) groups excluding carboxylic acids is 1. The highest BCUT2D eigenvalue weighted by molar-refractivity contribution is 5.91. The smallest absolute Gasteiger partial charge is 0.224 e. The van der Waals surface area contributed by atoms with Gasteiger partial charge in [-0.05, 0) is 42.7 Å². The summed E-state index contributed by atoms with van der Waals surface area (Å²) in [4.78, 5) is 15.9. The zero-order valence-corrected chi connectivity index (χ0v) is 12.3. The molecule has 0 spiro atoms. The Morgan fingerprint density at radius 3 is 2.81 bits per heavy atom. The van der Waals surface area contributed by atoms with Gasteiger partial charge in [0.2, 0.25) is 5.91 Å². The van der Waals surface area contributed by atoms with Crippen LogP contribution in [0.1, 0.15) is 42.7 Å². The zero-order chi connectivity index (χ0) is 15.2. The van der Waals surface area contributed by atoms with Crippen LogP contribution in [0.25, 0.3) is 0 Å². The summed E-state index contributed by atoms with van der Waals surface area (Å²) < 4.78 is 0. The topological polar surface area (TPSA) is 62.2 Å². The van der Waals surface area contributed by atoms with E-state index in [1.54, 1.807) is 12.3 Å². The van der Waals surface area contributed by atoms with E-state index in [1.807, 2.05) is 44.2 Å². The Morgan fingerprint density at radius 2 is 2.14 bits per heavy atom. The van der Waals surface area contributed by atoms with E-state index >= 15 is 0 Å². The fourth-order valence-electron chi connectivity index (χ4n) is 2.09. The van der Waals surface area contributed by atoms with Crippen molar-refractivity contribution in [3.63, 3.8) is 0 Å². The number of anilines is 1. The molecule has 1 aromatic heterocycles. The maximum Gasteiger partial charge on any atom is 0.224 e. The van der Waals surface area contributed by atoms with Gasteiger partial charge in [0, 0.05) is 18.3 Å². The Kier molecular flexibility index (Phi) is 5.06. The first-order chi connectivity index (χ1) is 10.1. The molecular formula is C17H20N2O2. The summed E-state index contributed by atoms with van der Waals surface area (Å²) in [5.41, 5.74) is 3.01. The van der Waals surface area contributed by atoms with Gasteiger partial charge in [0.1, 0.15) is 6.10 Å². The lowest BCUT2D eigenvalue weighted by molar-refractivity contribution is -0.116. The molecule has 1 atom stereocenters. The highest BCUT2D eigenvalue weighted by atomic mass is 16.3. The largest absolute Gasteiger partial charge is 0.382 e. The van der Waals surface area contributed by atoms with Crippen LogP contribution in [-0.4, -0.2) is 16.0 Å². The highest BCUT2D eigenvalue weighted by Crippen LogP contribution is 2.25. The number of nitrogens with zero attached hydrogens (tertiary/aromatic N) is 1. The lowest BCUT2D eigenvalue weighted by Gasteiger charge is -2.14. The Bertz CT molecular complexity index is 611. The first kappa shape index (κ1) is 15.2. The van der Waals surface area contributed by atoms with Crippen LogP contribution in [0.5, 0.6) is 0 Å². The third-order valence-electron chi connectivity index (χ3n) is 3.30. The molecule has 0 saturated heterocycles. The molecule has 1 aromatic carbocycles. The highest BCUT2D eigenvalue weighted by Gasteiger charge is 2.13. The summed E-state index contributed by atoms with van der Waals surface area (Å²) in [5, 5.41) is 13.3. The molecule has 21 heavy (non-hydrogen) atoms. The lowest BCUT2D eigenvalue weighted by atomic mass is 10.0. The summed E-state index contributed by atoms with van der Waals surface area (Å²) in [6.45, 7) is 3.90. The molecule has 0 bridgehead atoms. The van der Waals surface area contributed by atoms with Crippen molar-refractivity contribution >= 4 is 11.6 Å². The van der Waals surface area contributed by atoms with Gasteiger partial charge >= 0.3 is 0 Å². The maximum atomic E-state index is 11.7. The van der Waals surface area contributed by atoms with E-state index in [-0.39, 0.29) is 5.91 Å². The molecule has 0 radical (unpaired) electrons. The molecule has 2 aromatic rings. The zero-order valence-electron chi connectivity index (χ0n) is 12.3. The molecule has 4 heteroatoms. The minimum atomic E-state index is -0.798. The minimum Gasteiger partial charge on any atom is -0.382 e. The molecule has 0 fully saturated rings. The molecule has 2 N–H and O–H groups in total. The molecule has 0 aliphatic carbocycles. The molecule has 0 aliphatic heterocycles. The van der Waals surface area contributed by atoms with Gasteiger partial charge in [-0.25, -0.2) is 0 Å². The number of benzene rings is 1. The van der Waals surface area contributed by atoms with Crippen LogP contribution in [-0.2, 0) is 4.79 Å². The fourth-order valence-corrected chi connectivity index (χ4v) is 2.09. The third-order valence-corrected chi connectivity index (χ3v) is 3.30. The number of aromatic nitrogens is 1. The average molecular weight is 284 g/mol. The molecular weight excluding hydrogens is 264 g/mol. The van der Waals surface area contributed by atoms with E-state index in [4.69, 9.17) is 0 Å². The summed E-state index contributed by atoms with van der Waals surface area (Å²) in [6.07, 6.45) is 2.15. The summed E-state index contributed by atoms with van der Waals surface area (Å²) in [7, 11) is 0. The number of hydrogen-bond acceptors (Lipinski definition) is 3. The molecule has 1 heterocycles. The molecule has 110 valence electrons. The number of aryl methyl sites for hydroxylation is 1. The Balaban J connectivity index is 2.24. The number of nitrogens with one attached hydrogen (secondary N) is 1. The Morgan fingerprint density at radius 1 is 1.33 bits per heavy atom. The third kappa shape index (κ3) is 3.89. The number of aliphatic hydroxyl groups is 1. The van der Waals surface area contributed by atoms with Crippen LogP contribution in [0, 0.1) is 6.92 Å². The normalized spacial score (nSPS) is 12.0. The predicted octanol–water partition coefficient (Wildman–Crippen LogP) is 3.21. The average Bonchev–Trinajstić information content (AvgIpc) is 2.50. The van der Waals surface area contributed by atoms with E-state index < -0.39 is 6.10 Å². The first-order valence-electron chi connectivity index (χ1n) is 7.11. The van der Waals surface area contributed by atoms with Crippen LogP contribution in [0.2, 0.25) is 0 Å². The molecule has 1 amide bonds. The van der Waals surface area contributed by atoms with Gasteiger partial charge in [0.05, 0.1) is 5.69 Å². The second kappa shape index (κ2) is 6.99. The number of aliphatic hydroxyl groups excluding tert-OH is 1. The molecule has 4 nitrogen and oxygen atoms in total. The van der Waals surface area contributed by atoms with Crippen LogP contribution in [0.3, 0.4) is 0 Å². The first-order valence-corrected chi connectivity index (χ1v) is 7.11. The monoisotopic (exact) mass is 284 g/mol. The van der Waals surface area contributed by atoms with Gasteiger partial charge in [-0.3, -0.25) is 9.78 Å². The van der Waals surface area contributed by atoms with Gasteiger partial charge < -0.3 is 10.4 Å². The van der Waals surface area contributed by atoms with Crippen molar-refractivity contribution < 1.29 is 9.90 Å². The van der Waals surface area contributed by atoms with Gasteiger partial charge in [-0.2, -0.15) is 0 Å². The van der Waals surface area contributed by atoms with Crippen LogP contribution >= 0.6 is 0 Å². The molecule has 0 aliphatic rings. The quantitative estimate of drug-likeness (QED) is 0.886. The number of carbonyl (C=O) groups is 1. The summed E-state index contributed by atoms with van der Waals surface area (Å²) in [6, 6.07) is 11.0. The van der Waals surface area contributed by atoms with Crippen molar-refractivity contribution in [3.8, 4) is 0 Å². The van der Waals surface area contributed by atoms with Crippen molar-refractivity contribution in [2.45, 2.75) is 32.8 Å². The summed E-state index contributed by atoms with van der Waals surface area (Å²) >= 11 is 0. The van der Waals surface area contributed by atoms with Crippen molar-refractivity contribution in [3.05, 3.63) is 59.4 Å². The maximum absolute atomic E-state index is 11.7. The SMILES string of the molecule is CCCC(=O)Nc1cc([C@H](O)c2ccccn2)ccc1C. The van der Waals surface area contributed by atoms with Gasteiger partial charge in [0.25, 0.3) is 0 Å². The second-order valence-corrected chi connectivity index (χ2v) is 5.03. The molecule has 0 unspecified atom stereocenters. The van der Waals surface area contributed by atoms with Crippen molar-refractivity contribution in [1.29, 1.82) is 0 Å². The molecule has 2 rings (SSSR count).